The normalized spacial score (nSPS) is 11.3. The van der Waals surface area contributed by atoms with Crippen LogP contribution in [0.25, 0.3) is 0 Å². The van der Waals surface area contributed by atoms with Crippen LogP contribution < -0.4 is 5.32 Å². The van der Waals surface area contributed by atoms with E-state index in [0.29, 0.717) is 10.0 Å². The van der Waals surface area contributed by atoms with Crippen LogP contribution in [0.15, 0.2) is 24.3 Å². The molecule has 2 rings (SSSR count). The lowest BCUT2D eigenvalue weighted by atomic mass is 10.2. The summed E-state index contributed by atoms with van der Waals surface area (Å²) in [7, 11) is 1.24. The molecule has 0 bridgehead atoms. The van der Waals surface area contributed by atoms with Gasteiger partial charge in [0.1, 0.15) is 0 Å². The highest BCUT2D eigenvalue weighted by molar-refractivity contribution is 7.15. The first kappa shape index (κ1) is 15.3. The number of anilines is 2. The number of hydrogen-bond acceptors (Lipinski definition) is 5. The number of ether oxygens (including phenoxy) is 1. The van der Waals surface area contributed by atoms with Crippen molar-refractivity contribution in [3.05, 3.63) is 40.4 Å². The number of halogens is 3. The lowest BCUT2D eigenvalue weighted by Gasteiger charge is -2.08. The van der Waals surface area contributed by atoms with Crippen LogP contribution in [-0.4, -0.2) is 18.1 Å². The van der Waals surface area contributed by atoms with Gasteiger partial charge in [-0.15, -0.1) is 11.3 Å². The molecule has 0 amide bonds. The summed E-state index contributed by atoms with van der Waals surface area (Å²) in [4.78, 5) is 16.1. The number of methoxy groups -OCH3 is 1. The Hall–Kier alpha value is -2.09. The zero-order chi connectivity index (χ0) is 15.6. The first-order chi connectivity index (χ1) is 9.81. The van der Waals surface area contributed by atoms with E-state index in [4.69, 9.17) is 0 Å². The summed E-state index contributed by atoms with van der Waals surface area (Å²) < 4.78 is 42.4. The van der Waals surface area contributed by atoms with Crippen molar-refractivity contribution in [3.8, 4) is 0 Å². The Labute approximate surface area is 122 Å². The van der Waals surface area contributed by atoms with Gasteiger partial charge >= 0.3 is 12.1 Å². The van der Waals surface area contributed by atoms with E-state index < -0.39 is 17.7 Å². The summed E-state index contributed by atoms with van der Waals surface area (Å²) in [5.74, 6) is -0.583. The summed E-state index contributed by atoms with van der Waals surface area (Å²) in [6, 6.07) is 4.75. The summed E-state index contributed by atoms with van der Waals surface area (Å²) in [5, 5.41) is 3.08. The Morgan fingerprint density at radius 3 is 2.71 bits per heavy atom. The van der Waals surface area contributed by atoms with Crippen molar-refractivity contribution in [2.24, 2.45) is 0 Å². The second-order valence-electron chi connectivity index (χ2n) is 4.12. The van der Waals surface area contributed by atoms with Crippen LogP contribution in [0, 0.1) is 6.92 Å². The molecule has 1 heterocycles. The van der Waals surface area contributed by atoms with E-state index in [1.54, 1.807) is 6.92 Å². The molecular formula is C13H11F3N2O2S. The Morgan fingerprint density at radius 2 is 2.10 bits per heavy atom. The van der Waals surface area contributed by atoms with Gasteiger partial charge in [0, 0.05) is 10.6 Å². The zero-order valence-corrected chi connectivity index (χ0v) is 11.9. The zero-order valence-electron chi connectivity index (χ0n) is 11.1. The van der Waals surface area contributed by atoms with Gasteiger partial charge < -0.3 is 10.1 Å². The molecule has 0 fully saturated rings. The van der Waals surface area contributed by atoms with Gasteiger partial charge in [0.15, 0.2) is 10.8 Å². The van der Waals surface area contributed by atoms with Gasteiger partial charge in [-0.25, -0.2) is 9.78 Å². The van der Waals surface area contributed by atoms with E-state index in [1.165, 1.54) is 19.2 Å². The number of carbonyl (C=O) groups excluding carboxylic acids is 1. The van der Waals surface area contributed by atoms with Crippen LogP contribution in [0.2, 0.25) is 0 Å². The maximum atomic E-state index is 12.6. The molecule has 2 aromatic rings. The summed E-state index contributed by atoms with van der Waals surface area (Å²) in [6.45, 7) is 1.68. The number of alkyl halides is 3. The van der Waals surface area contributed by atoms with Gasteiger partial charge in [0.25, 0.3) is 0 Å². The molecule has 0 radical (unpaired) electrons. The van der Waals surface area contributed by atoms with Crippen LogP contribution in [0.1, 0.15) is 20.9 Å². The number of nitrogens with zero attached hydrogens (tertiary/aromatic N) is 1. The molecule has 0 aliphatic heterocycles. The number of aromatic nitrogens is 1. The van der Waals surface area contributed by atoms with Gasteiger partial charge in [-0.05, 0) is 25.1 Å². The smallest absolute Gasteiger partial charge is 0.416 e. The number of benzene rings is 1. The van der Waals surface area contributed by atoms with Crippen LogP contribution in [0.4, 0.5) is 24.0 Å². The fourth-order valence-electron chi connectivity index (χ4n) is 1.63. The van der Waals surface area contributed by atoms with E-state index in [1.807, 2.05) is 0 Å². The van der Waals surface area contributed by atoms with Gasteiger partial charge in [-0.1, -0.05) is 6.07 Å². The Bertz CT molecular complexity index is 668. The average Bonchev–Trinajstić information content (AvgIpc) is 2.78. The molecule has 8 heteroatoms. The molecule has 0 aliphatic rings. The number of carbonyl (C=O) groups is 1. The third-order valence-electron chi connectivity index (χ3n) is 2.62. The number of nitrogens with one attached hydrogen (secondary N) is 1. The van der Waals surface area contributed by atoms with Crippen molar-refractivity contribution in [2.45, 2.75) is 13.1 Å². The molecule has 0 aliphatic carbocycles. The fraction of sp³-hybridized carbons (Fsp3) is 0.231. The predicted octanol–water partition coefficient (Wildman–Crippen LogP) is 4.00. The molecule has 0 saturated heterocycles. The summed E-state index contributed by atoms with van der Waals surface area (Å²) in [5.41, 5.74) is -0.360. The molecule has 0 unspecified atom stereocenters. The standard InChI is InChI=1S/C13H11F3N2O2S/c1-7-10(11(19)20-2)18-12(21-7)17-9-5-3-4-8(6-9)13(14,15)16/h3-6H,1-2H3,(H,17,18). The SMILES string of the molecule is COC(=O)c1nc(Nc2cccc(C(F)(F)F)c2)sc1C. The Balaban J connectivity index is 2.25. The molecule has 21 heavy (non-hydrogen) atoms. The first-order valence-electron chi connectivity index (χ1n) is 5.81. The largest absolute Gasteiger partial charge is 0.464 e. The van der Waals surface area contributed by atoms with Crippen molar-refractivity contribution in [1.82, 2.24) is 4.98 Å². The minimum Gasteiger partial charge on any atom is -0.464 e. The number of rotatable bonds is 3. The van der Waals surface area contributed by atoms with E-state index in [-0.39, 0.29) is 11.4 Å². The first-order valence-corrected chi connectivity index (χ1v) is 6.63. The maximum absolute atomic E-state index is 12.6. The lowest BCUT2D eigenvalue weighted by molar-refractivity contribution is -0.137. The van der Waals surface area contributed by atoms with Crippen LogP contribution in [-0.2, 0) is 10.9 Å². The fourth-order valence-corrected chi connectivity index (χ4v) is 2.45. The topological polar surface area (TPSA) is 51.2 Å². The molecule has 1 N–H and O–H groups in total. The highest BCUT2D eigenvalue weighted by atomic mass is 32.1. The lowest BCUT2D eigenvalue weighted by Crippen LogP contribution is -2.05. The van der Waals surface area contributed by atoms with Gasteiger partial charge in [0.2, 0.25) is 0 Å². The number of esters is 1. The van der Waals surface area contributed by atoms with Gasteiger partial charge in [-0.3, -0.25) is 0 Å². The van der Waals surface area contributed by atoms with Crippen LogP contribution >= 0.6 is 11.3 Å². The number of aryl methyl sites for hydroxylation is 1. The van der Waals surface area contributed by atoms with Crippen LogP contribution in [0.5, 0.6) is 0 Å². The molecule has 1 aromatic heterocycles. The van der Waals surface area contributed by atoms with E-state index >= 15 is 0 Å². The Kier molecular flexibility index (Phi) is 4.17. The second-order valence-corrected chi connectivity index (χ2v) is 5.32. The molecule has 0 atom stereocenters. The third kappa shape index (κ3) is 3.52. The van der Waals surface area contributed by atoms with Gasteiger partial charge in [0.05, 0.1) is 12.7 Å². The summed E-state index contributed by atoms with van der Waals surface area (Å²) >= 11 is 1.16. The average molecular weight is 316 g/mol. The minimum absolute atomic E-state index is 0.150. The second kappa shape index (κ2) is 5.72. The Morgan fingerprint density at radius 1 is 1.38 bits per heavy atom. The molecule has 1 aromatic carbocycles. The number of thiazole rings is 1. The van der Waals surface area contributed by atoms with Crippen molar-refractivity contribution in [1.29, 1.82) is 0 Å². The number of hydrogen-bond donors (Lipinski definition) is 1. The van der Waals surface area contributed by atoms with Crippen molar-refractivity contribution in [2.75, 3.05) is 12.4 Å². The predicted molar refractivity (Wildman–Crippen MR) is 72.9 cm³/mol. The molecule has 0 saturated carbocycles. The minimum atomic E-state index is -4.41. The maximum Gasteiger partial charge on any atom is 0.416 e. The molecule has 4 nitrogen and oxygen atoms in total. The van der Waals surface area contributed by atoms with E-state index in [2.05, 4.69) is 15.0 Å². The quantitative estimate of drug-likeness (QED) is 0.870. The summed E-state index contributed by atoms with van der Waals surface area (Å²) in [6.07, 6.45) is -4.41. The highest BCUT2D eigenvalue weighted by Gasteiger charge is 2.30. The van der Waals surface area contributed by atoms with E-state index in [9.17, 15) is 18.0 Å². The molecule has 112 valence electrons. The monoisotopic (exact) mass is 316 g/mol. The van der Waals surface area contributed by atoms with Crippen molar-refractivity contribution >= 4 is 28.1 Å². The van der Waals surface area contributed by atoms with E-state index in [0.717, 1.165) is 23.5 Å². The van der Waals surface area contributed by atoms with Crippen molar-refractivity contribution in [3.63, 3.8) is 0 Å². The van der Waals surface area contributed by atoms with Gasteiger partial charge in [-0.2, -0.15) is 13.2 Å². The molecular weight excluding hydrogens is 305 g/mol. The highest BCUT2D eigenvalue weighted by Crippen LogP contribution is 2.32. The van der Waals surface area contributed by atoms with Crippen molar-refractivity contribution < 1.29 is 22.7 Å². The van der Waals surface area contributed by atoms with Crippen LogP contribution in [0.3, 0.4) is 0 Å². The third-order valence-corrected chi connectivity index (χ3v) is 3.50. The molecule has 0 spiro atoms.